The number of benzene rings is 1. The highest BCUT2D eigenvalue weighted by Gasteiger charge is 2.24. The number of aromatic nitrogens is 4. The van der Waals surface area contributed by atoms with Crippen molar-refractivity contribution >= 4 is 50.6 Å². The van der Waals surface area contributed by atoms with Crippen molar-refractivity contribution in [3.8, 4) is 0 Å². The van der Waals surface area contributed by atoms with E-state index in [-0.39, 0.29) is 0 Å². The summed E-state index contributed by atoms with van der Waals surface area (Å²) in [6.45, 7) is 3.51. The Labute approximate surface area is 211 Å². The molecule has 0 spiro atoms. The summed E-state index contributed by atoms with van der Waals surface area (Å²) in [5, 5.41) is 9.21. The average Bonchev–Trinajstić information content (AvgIpc) is 3.21. The van der Waals surface area contributed by atoms with Crippen LogP contribution in [0.5, 0.6) is 0 Å². The molecule has 0 amide bonds. The number of nitrogens with one attached hydrogen (secondary N) is 1. The summed E-state index contributed by atoms with van der Waals surface area (Å²) < 4.78 is 2.73. The van der Waals surface area contributed by atoms with E-state index in [1.54, 1.807) is 12.4 Å². The van der Waals surface area contributed by atoms with Crippen molar-refractivity contribution < 1.29 is 0 Å². The molecule has 1 N–H and O–H groups in total. The first kappa shape index (κ1) is 22.6. The number of hydrogen-bond donors (Lipinski definition) is 1. The molecule has 3 aromatic heterocycles. The number of rotatable bonds is 6. The first-order chi connectivity index (χ1) is 16.1. The van der Waals surface area contributed by atoms with Crippen LogP contribution in [-0.4, -0.2) is 37.6 Å². The Hall–Kier alpha value is -2.19. The zero-order valence-corrected chi connectivity index (χ0v) is 21.0. The standard InChI is InChI=1S/C24H23BrCl2N6/c25-19-13-30-33-23(29-12-17-3-1-7-28-11-17)10-22(31-24(19)33)18-4-2-8-32(15-18)14-16-5-6-20(26)21(27)9-16/h1,3,5-7,9-11,13,18,29H,2,4,8,12,14-15H2. The van der Waals surface area contributed by atoms with E-state index < -0.39 is 0 Å². The predicted molar refractivity (Wildman–Crippen MR) is 136 cm³/mol. The number of likely N-dealkylation sites (tertiary alicyclic amines) is 1. The summed E-state index contributed by atoms with van der Waals surface area (Å²) in [7, 11) is 0. The molecule has 1 aromatic carbocycles. The largest absolute Gasteiger partial charge is 0.366 e. The average molecular weight is 546 g/mol. The van der Waals surface area contributed by atoms with Gasteiger partial charge in [0.05, 0.1) is 26.4 Å². The zero-order chi connectivity index (χ0) is 22.8. The molecule has 4 aromatic rings. The minimum atomic E-state index is 0.340. The van der Waals surface area contributed by atoms with Crippen LogP contribution < -0.4 is 5.32 Å². The van der Waals surface area contributed by atoms with Crippen molar-refractivity contribution in [1.29, 1.82) is 0 Å². The van der Waals surface area contributed by atoms with Crippen molar-refractivity contribution in [3.63, 3.8) is 0 Å². The molecule has 0 saturated carbocycles. The highest BCUT2D eigenvalue weighted by Crippen LogP contribution is 2.31. The number of hydrogen-bond acceptors (Lipinski definition) is 5. The SMILES string of the molecule is Clc1ccc(CN2CCCC(c3cc(NCc4cccnc4)n4ncc(Br)c4n3)C2)cc1Cl. The minimum absolute atomic E-state index is 0.340. The molecule has 1 unspecified atom stereocenters. The molecule has 9 heteroatoms. The van der Waals surface area contributed by atoms with Crippen LogP contribution in [-0.2, 0) is 13.1 Å². The normalized spacial score (nSPS) is 16.9. The van der Waals surface area contributed by atoms with Crippen molar-refractivity contribution in [3.05, 3.63) is 86.3 Å². The molecule has 0 aliphatic carbocycles. The maximum Gasteiger partial charge on any atom is 0.171 e. The van der Waals surface area contributed by atoms with Gasteiger partial charge in [-0.2, -0.15) is 9.61 Å². The molecule has 1 aliphatic rings. The molecule has 0 bridgehead atoms. The summed E-state index contributed by atoms with van der Waals surface area (Å²) in [5.41, 5.74) is 4.19. The van der Waals surface area contributed by atoms with E-state index in [1.807, 2.05) is 35.0 Å². The first-order valence-electron chi connectivity index (χ1n) is 10.9. The van der Waals surface area contributed by atoms with Crippen LogP contribution in [0, 0.1) is 0 Å². The molecule has 170 valence electrons. The van der Waals surface area contributed by atoms with Gasteiger partial charge in [-0.15, -0.1) is 0 Å². The fourth-order valence-corrected chi connectivity index (χ4v) is 4.99. The Morgan fingerprint density at radius 3 is 2.82 bits per heavy atom. The molecule has 6 nitrogen and oxygen atoms in total. The van der Waals surface area contributed by atoms with E-state index in [4.69, 9.17) is 28.2 Å². The highest BCUT2D eigenvalue weighted by atomic mass is 79.9. The van der Waals surface area contributed by atoms with Crippen LogP contribution in [0.4, 0.5) is 5.82 Å². The van der Waals surface area contributed by atoms with Gasteiger partial charge in [-0.1, -0.05) is 35.3 Å². The van der Waals surface area contributed by atoms with Gasteiger partial charge in [-0.3, -0.25) is 9.88 Å². The monoisotopic (exact) mass is 544 g/mol. The molecule has 1 aliphatic heterocycles. The third-order valence-corrected chi connectivity index (χ3v) is 7.26. The van der Waals surface area contributed by atoms with E-state index in [9.17, 15) is 0 Å². The molecule has 5 rings (SSSR count). The van der Waals surface area contributed by atoms with E-state index >= 15 is 0 Å². The summed E-state index contributed by atoms with van der Waals surface area (Å²) >= 11 is 15.9. The topological polar surface area (TPSA) is 58.4 Å². The van der Waals surface area contributed by atoms with Gasteiger partial charge >= 0.3 is 0 Å². The Morgan fingerprint density at radius 2 is 2.00 bits per heavy atom. The second kappa shape index (κ2) is 9.97. The number of halogens is 3. The van der Waals surface area contributed by atoms with Crippen molar-refractivity contribution in [2.45, 2.75) is 31.8 Å². The first-order valence-corrected chi connectivity index (χ1v) is 12.4. The fraction of sp³-hybridized carbons (Fsp3) is 0.292. The molecule has 1 atom stereocenters. The van der Waals surface area contributed by atoms with Crippen LogP contribution in [0.3, 0.4) is 0 Å². The number of anilines is 1. The Kier molecular flexibility index (Phi) is 6.83. The molecule has 4 heterocycles. The molecule has 33 heavy (non-hydrogen) atoms. The number of piperidine rings is 1. The second-order valence-electron chi connectivity index (χ2n) is 8.33. The van der Waals surface area contributed by atoms with Crippen molar-refractivity contribution in [2.75, 3.05) is 18.4 Å². The summed E-state index contributed by atoms with van der Waals surface area (Å²) in [6.07, 6.45) is 7.67. The lowest BCUT2D eigenvalue weighted by Gasteiger charge is -2.32. The number of fused-ring (bicyclic) bond motifs is 1. The van der Waals surface area contributed by atoms with E-state index in [2.05, 4.69) is 48.4 Å². The molecular formula is C24H23BrCl2N6. The van der Waals surface area contributed by atoms with Crippen LogP contribution in [0.25, 0.3) is 5.65 Å². The van der Waals surface area contributed by atoms with Gasteiger partial charge in [0.2, 0.25) is 0 Å². The third kappa shape index (κ3) is 5.17. The molecule has 1 saturated heterocycles. The maximum absolute atomic E-state index is 6.22. The van der Waals surface area contributed by atoms with E-state index in [0.717, 1.165) is 59.7 Å². The Balaban J connectivity index is 1.37. The van der Waals surface area contributed by atoms with Crippen LogP contribution in [0.1, 0.15) is 35.6 Å². The Bertz CT molecular complexity index is 1260. The summed E-state index contributed by atoms with van der Waals surface area (Å²) in [6, 6.07) is 12.0. The van der Waals surface area contributed by atoms with Gasteiger partial charge in [0.15, 0.2) is 5.65 Å². The second-order valence-corrected chi connectivity index (χ2v) is 10.0. The summed E-state index contributed by atoms with van der Waals surface area (Å²) in [5.74, 6) is 1.26. The van der Waals surface area contributed by atoms with Crippen LogP contribution in [0.2, 0.25) is 10.0 Å². The zero-order valence-electron chi connectivity index (χ0n) is 17.9. The van der Waals surface area contributed by atoms with Gasteiger partial charge in [-0.25, -0.2) is 4.98 Å². The van der Waals surface area contributed by atoms with Gasteiger partial charge in [0, 0.05) is 44.0 Å². The van der Waals surface area contributed by atoms with Crippen molar-refractivity contribution in [2.24, 2.45) is 0 Å². The lowest BCUT2D eigenvalue weighted by Crippen LogP contribution is -2.34. The lowest BCUT2D eigenvalue weighted by molar-refractivity contribution is 0.198. The number of nitrogens with zero attached hydrogens (tertiary/aromatic N) is 5. The predicted octanol–water partition coefficient (Wildman–Crippen LogP) is 6.19. The van der Waals surface area contributed by atoms with Crippen molar-refractivity contribution in [1.82, 2.24) is 24.5 Å². The minimum Gasteiger partial charge on any atom is -0.366 e. The van der Waals surface area contributed by atoms with Crippen LogP contribution >= 0.6 is 39.1 Å². The molecular weight excluding hydrogens is 523 g/mol. The van der Waals surface area contributed by atoms with Gasteiger partial charge in [-0.05, 0) is 64.6 Å². The maximum atomic E-state index is 6.22. The molecule has 1 fully saturated rings. The fourth-order valence-electron chi connectivity index (χ4n) is 4.32. The van der Waals surface area contributed by atoms with Gasteiger partial charge in [0.1, 0.15) is 5.82 Å². The molecule has 0 radical (unpaired) electrons. The van der Waals surface area contributed by atoms with E-state index in [0.29, 0.717) is 22.5 Å². The smallest absolute Gasteiger partial charge is 0.171 e. The lowest BCUT2D eigenvalue weighted by atomic mass is 9.94. The Morgan fingerprint density at radius 1 is 1.09 bits per heavy atom. The summed E-state index contributed by atoms with van der Waals surface area (Å²) in [4.78, 5) is 11.6. The van der Waals surface area contributed by atoms with Crippen LogP contribution in [0.15, 0.2) is 59.5 Å². The number of pyridine rings is 1. The van der Waals surface area contributed by atoms with Gasteiger partial charge in [0.25, 0.3) is 0 Å². The van der Waals surface area contributed by atoms with E-state index in [1.165, 1.54) is 5.56 Å². The third-order valence-electron chi connectivity index (χ3n) is 5.96. The quantitative estimate of drug-likeness (QED) is 0.313. The highest BCUT2D eigenvalue weighted by molar-refractivity contribution is 9.10. The van der Waals surface area contributed by atoms with Gasteiger partial charge < -0.3 is 5.32 Å².